The van der Waals surface area contributed by atoms with E-state index >= 15 is 0 Å². The number of hydrogen-bond donors (Lipinski definition) is 3. The number of nitrogens with one attached hydrogen (secondary N) is 2. The molecule has 5 rings (SSSR count). The number of piperazine rings is 1. The van der Waals surface area contributed by atoms with E-state index in [4.69, 9.17) is 9.47 Å². The molecule has 0 bridgehead atoms. The number of benzene rings is 1. The fourth-order valence-electron chi connectivity index (χ4n) is 6.23. The van der Waals surface area contributed by atoms with E-state index in [2.05, 4.69) is 15.7 Å². The van der Waals surface area contributed by atoms with Gasteiger partial charge in [0.05, 0.1) is 12.3 Å². The lowest BCUT2D eigenvalue weighted by Gasteiger charge is -2.35. The van der Waals surface area contributed by atoms with Crippen molar-refractivity contribution in [3.8, 4) is 11.6 Å². The van der Waals surface area contributed by atoms with Gasteiger partial charge >= 0.3 is 12.1 Å². The number of aliphatic carboxylic acids is 1. The molecule has 2 saturated heterocycles. The van der Waals surface area contributed by atoms with E-state index in [1.807, 2.05) is 0 Å². The normalized spacial score (nSPS) is 18.8. The first-order chi connectivity index (χ1) is 24.0. The number of rotatable bonds is 13. The van der Waals surface area contributed by atoms with Gasteiger partial charge in [-0.2, -0.15) is 5.10 Å². The van der Waals surface area contributed by atoms with Crippen molar-refractivity contribution in [2.45, 2.75) is 83.0 Å². The summed E-state index contributed by atoms with van der Waals surface area (Å²) in [5.41, 5.74) is 0.417. The number of carbonyl (C=O) groups excluding carboxylic acids is 5. The van der Waals surface area contributed by atoms with Crippen LogP contribution in [0, 0.1) is 0 Å². The molecule has 1 aliphatic carbocycles. The fraction of sp³-hybridized carbons (Fsp3) is 0.559. The van der Waals surface area contributed by atoms with Crippen LogP contribution in [0.4, 0.5) is 4.79 Å². The van der Waals surface area contributed by atoms with Crippen molar-refractivity contribution in [3.05, 3.63) is 42.1 Å². The summed E-state index contributed by atoms with van der Waals surface area (Å²) in [7, 11) is 0. The molecular weight excluding hydrogens is 650 g/mol. The Balaban J connectivity index is 1.30. The van der Waals surface area contributed by atoms with Gasteiger partial charge in [-0.3, -0.25) is 24.0 Å². The first-order valence-corrected chi connectivity index (χ1v) is 17.2. The van der Waals surface area contributed by atoms with Gasteiger partial charge in [0.1, 0.15) is 12.1 Å². The smallest absolute Gasteiger partial charge is 0.409 e. The topological polar surface area (TPSA) is 193 Å². The van der Waals surface area contributed by atoms with Gasteiger partial charge in [-0.25, -0.2) is 9.48 Å². The number of para-hydroxylation sites is 1. The number of carboxylic acid groups (broad SMARTS) is 1. The van der Waals surface area contributed by atoms with E-state index in [9.17, 15) is 33.9 Å². The van der Waals surface area contributed by atoms with Crippen LogP contribution in [0.2, 0.25) is 0 Å². The highest BCUT2D eigenvalue weighted by molar-refractivity contribution is 5.96. The molecule has 1 aromatic carbocycles. The SMILES string of the molecule is CCOC(=O)N1CCN(C(=O)[C@H](CCC(=O)O)NC(=O)c2cc(O[C@H](C)C(=O)N3CCC[C@H]3C(=O)NC3CCC3)n(-c3ccccc3)n2)CC1. The van der Waals surface area contributed by atoms with Crippen LogP contribution in [0.25, 0.3) is 5.69 Å². The molecule has 50 heavy (non-hydrogen) atoms. The van der Waals surface area contributed by atoms with E-state index in [1.165, 1.54) is 20.5 Å². The molecule has 270 valence electrons. The minimum absolute atomic E-state index is 0.0837. The number of amides is 5. The minimum Gasteiger partial charge on any atom is -0.481 e. The minimum atomic E-state index is -1.18. The maximum atomic E-state index is 13.6. The van der Waals surface area contributed by atoms with Crippen molar-refractivity contribution >= 4 is 35.7 Å². The summed E-state index contributed by atoms with van der Waals surface area (Å²) in [5.74, 6) is -2.81. The largest absolute Gasteiger partial charge is 0.481 e. The van der Waals surface area contributed by atoms with Crippen molar-refractivity contribution in [3.63, 3.8) is 0 Å². The van der Waals surface area contributed by atoms with Crippen molar-refractivity contribution in [2.24, 2.45) is 0 Å². The van der Waals surface area contributed by atoms with Gasteiger partial charge in [-0.05, 0) is 64.5 Å². The van der Waals surface area contributed by atoms with Crippen LogP contribution in [0.5, 0.6) is 5.88 Å². The molecule has 1 saturated carbocycles. The molecular formula is C34H45N7O9. The summed E-state index contributed by atoms with van der Waals surface area (Å²) in [6.45, 7) is 4.75. The lowest BCUT2D eigenvalue weighted by atomic mass is 9.93. The lowest BCUT2D eigenvalue weighted by molar-refractivity contribution is -0.143. The average molecular weight is 696 g/mol. The van der Waals surface area contributed by atoms with Gasteiger partial charge in [0.25, 0.3) is 11.8 Å². The number of carboxylic acids is 1. The summed E-state index contributed by atoms with van der Waals surface area (Å²) in [6, 6.07) is 8.57. The van der Waals surface area contributed by atoms with Crippen LogP contribution in [0.1, 0.15) is 69.3 Å². The molecule has 2 aliphatic heterocycles. The molecule has 0 spiro atoms. The van der Waals surface area contributed by atoms with Gasteiger partial charge in [-0.15, -0.1) is 0 Å². The van der Waals surface area contributed by atoms with Gasteiger partial charge in [-0.1, -0.05) is 18.2 Å². The van der Waals surface area contributed by atoms with Gasteiger partial charge in [0.2, 0.25) is 17.7 Å². The lowest BCUT2D eigenvalue weighted by Crippen LogP contribution is -2.56. The first-order valence-electron chi connectivity index (χ1n) is 17.2. The molecule has 0 unspecified atom stereocenters. The van der Waals surface area contributed by atoms with Crippen molar-refractivity contribution in [2.75, 3.05) is 39.3 Å². The standard InChI is InChI=1S/C34H45N7O9/c1-3-49-34(48)39-19-17-38(18-20-39)33(47)25(14-15-29(42)43)36-30(44)26-21-28(41(37-26)24-11-5-4-6-12-24)50-22(2)32(46)40-16-8-13-27(40)31(45)35-23-9-7-10-23/h4-6,11-12,21-23,25,27H,3,7-10,13-20H2,1-2H3,(H,35,45)(H,36,44)(H,42,43)/t22-,25+,27+/m1/s1. The highest BCUT2D eigenvalue weighted by atomic mass is 16.6. The second-order valence-corrected chi connectivity index (χ2v) is 12.7. The maximum Gasteiger partial charge on any atom is 0.409 e. The highest BCUT2D eigenvalue weighted by Gasteiger charge is 2.38. The second-order valence-electron chi connectivity index (χ2n) is 12.7. The fourth-order valence-corrected chi connectivity index (χ4v) is 6.23. The molecule has 3 N–H and O–H groups in total. The number of hydrogen-bond acceptors (Lipinski definition) is 9. The summed E-state index contributed by atoms with van der Waals surface area (Å²) < 4.78 is 12.5. The number of aromatic nitrogens is 2. The van der Waals surface area contributed by atoms with Gasteiger partial charge < -0.3 is 39.9 Å². The molecule has 3 fully saturated rings. The Hall–Kier alpha value is -5.15. The third-order valence-electron chi connectivity index (χ3n) is 9.21. The van der Waals surface area contributed by atoms with Gasteiger partial charge in [0, 0.05) is 51.3 Å². The Kier molecular flexibility index (Phi) is 11.9. The number of likely N-dealkylation sites (tertiary alicyclic amines) is 1. The molecule has 3 aliphatic rings. The molecule has 5 amide bonds. The zero-order valence-corrected chi connectivity index (χ0v) is 28.4. The molecule has 2 aromatic rings. The first kappa shape index (κ1) is 36.1. The van der Waals surface area contributed by atoms with E-state index in [-0.39, 0.29) is 75.1 Å². The van der Waals surface area contributed by atoms with E-state index < -0.39 is 42.1 Å². The van der Waals surface area contributed by atoms with Crippen molar-refractivity contribution < 1.29 is 43.3 Å². The number of nitrogens with zero attached hydrogens (tertiary/aromatic N) is 5. The Morgan fingerprint density at radius 3 is 2.28 bits per heavy atom. The average Bonchev–Trinajstić information content (AvgIpc) is 3.76. The number of ether oxygens (including phenoxy) is 2. The summed E-state index contributed by atoms with van der Waals surface area (Å²) in [4.78, 5) is 81.8. The second kappa shape index (κ2) is 16.5. The summed E-state index contributed by atoms with van der Waals surface area (Å²) in [5, 5.41) is 19.5. The Morgan fingerprint density at radius 1 is 0.940 bits per heavy atom. The van der Waals surface area contributed by atoms with Crippen LogP contribution in [-0.2, 0) is 23.9 Å². The van der Waals surface area contributed by atoms with Crippen LogP contribution < -0.4 is 15.4 Å². The van der Waals surface area contributed by atoms with Crippen molar-refractivity contribution in [1.82, 2.24) is 35.1 Å². The molecule has 1 aromatic heterocycles. The molecule has 0 radical (unpaired) electrons. The van der Waals surface area contributed by atoms with Gasteiger partial charge in [0.15, 0.2) is 11.8 Å². The zero-order valence-electron chi connectivity index (χ0n) is 28.4. The van der Waals surface area contributed by atoms with Crippen LogP contribution in [0.3, 0.4) is 0 Å². The number of carbonyl (C=O) groups is 6. The monoisotopic (exact) mass is 695 g/mol. The Labute approximate surface area is 290 Å². The summed E-state index contributed by atoms with van der Waals surface area (Å²) >= 11 is 0. The Morgan fingerprint density at radius 2 is 1.64 bits per heavy atom. The van der Waals surface area contributed by atoms with E-state index in [0.29, 0.717) is 25.1 Å². The molecule has 3 heterocycles. The Bertz CT molecular complexity index is 1550. The maximum absolute atomic E-state index is 13.6. The quantitative estimate of drug-likeness (QED) is 0.277. The predicted octanol–water partition coefficient (Wildman–Crippen LogP) is 1.56. The van der Waals surface area contributed by atoms with Crippen LogP contribution in [-0.4, -0.2) is 129 Å². The molecule has 16 nitrogen and oxygen atoms in total. The molecule has 3 atom stereocenters. The third kappa shape index (κ3) is 8.71. The van der Waals surface area contributed by atoms with Crippen LogP contribution >= 0.6 is 0 Å². The predicted molar refractivity (Wildman–Crippen MR) is 177 cm³/mol. The van der Waals surface area contributed by atoms with E-state index in [0.717, 1.165) is 19.3 Å². The van der Waals surface area contributed by atoms with Crippen LogP contribution in [0.15, 0.2) is 36.4 Å². The summed E-state index contributed by atoms with van der Waals surface area (Å²) in [6.07, 6.45) is 2.16. The molecule has 16 heteroatoms. The zero-order chi connectivity index (χ0) is 35.8. The third-order valence-corrected chi connectivity index (χ3v) is 9.21. The highest BCUT2D eigenvalue weighted by Crippen LogP contribution is 2.25. The van der Waals surface area contributed by atoms with Crippen molar-refractivity contribution in [1.29, 1.82) is 0 Å². The van der Waals surface area contributed by atoms with E-state index in [1.54, 1.807) is 49.1 Å².